The van der Waals surface area contributed by atoms with Gasteiger partial charge in [0.05, 0.1) is 0 Å². The van der Waals surface area contributed by atoms with Gasteiger partial charge in [-0.25, -0.2) is 0 Å². The van der Waals surface area contributed by atoms with Gasteiger partial charge in [-0.15, -0.1) is 0 Å². The molecule has 1 fully saturated rings. The molecule has 0 spiro atoms. The highest BCUT2D eigenvalue weighted by Gasteiger charge is 2.24. The van der Waals surface area contributed by atoms with Crippen LogP contribution in [0, 0.1) is 5.92 Å². The number of hydrogen-bond acceptors (Lipinski definition) is 3. The van der Waals surface area contributed by atoms with Crippen molar-refractivity contribution in [2.24, 2.45) is 11.7 Å². The molecule has 2 N–H and O–H groups in total. The van der Waals surface area contributed by atoms with E-state index in [4.69, 9.17) is 10.5 Å². The lowest BCUT2D eigenvalue weighted by Gasteiger charge is -2.23. The van der Waals surface area contributed by atoms with Gasteiger partial charge in [0, 0.05) is 24.7 Å². The van der Waals surface area contributed by atoms with Crippen molar-refractivity contribution in [3.8, 4) is 5.75 Å². The molecule has 0 saturated heterocycles. The zero-order valence-corrected chi connectivity index (χ0v) is 11.6. The smallest absolute Gasteiger partial charge is 0.123 e. The zero-order chi connectivity index (χ0) is 13.1. The van der Waals surface area contributed by atoms with Crippen LogP contribution in [0.3, 0.4) is 0 Å². The third-order valence-electron chi connectivity index (χ3n) is 4.57. The summed E-state index contributed by atoms with van der Waals surface area (Å²) in [5, 5.41) is 0. The van der Waals surface area contributed by atoms with Gasteiger partial charge in [-0.05, 0) is 37.8 Å². The van der Waals surface area contributed by atoms with Crippen molar-refractivity contribution in [2.75, 3.05) is 19.7 Å². The van der Waals surface area contributed by atoms with E-state index < -0.39 is 0 Å². The van der Waals surface area contributed by atoms with Gasteiger partial charge < -0.3 is 10.5 Å². The summed E-state index contributed by atoms with van der Waals surface area (Å²) in [6.45, 7) is 3.98. The van der Waals surface area contributed by atoms with E-state index in [1.807, 2.05) is 6.07 Å². The van der Waals surface area contributed by atoms with Crippen molar-refractivity contribution in [1.82, 2.24) is 4.90 Å². The predicted octanol–water partition coefficient (Wildman–Crippen LogP) is 2.40. The number of nitrogens with zero attached hydrogens (tertiary/aromatic N) is 1. The number of nitrogens with two attached hydrogens (primary N) is 1. The van der Waals surface area contributed by atoms with Crippen LogP contribution in [0.1, 0.15) is 31.2 Å². The Balaban J connectivity index is 1.57. The van der Waals surface area contributed by atoms with Crippen LogP contribution in [0.5, 0.6) is 5.75 Å². The molecule has 0 radical (unpaired) electrons. The molecule has 0 bridgehead atoms. The summed E-state index contributed by atoms with van der Waals surface area (Å²) in [5.41, 5.74) is 7.47. The summed E-state index contributed by atoms with van der Waals surface area (Å²) in [4.78, 5) is 2.51. The van der Waals surface area contributed by atoms with E-state index in [0.29, 0.717) is 6.04 Å². The highest BCUT2D eigenvalue weighted by atomic mass is 16.5. The fraction of sp³-hybridized carbons (Fsp3) is 0.625. The summed E-state index contributed by atoms with van der Waals surface area (Å²) >= 11 is 0. The Hall–Kier alpha value is -1.06. The molecule has 104 valence electrons. The molecule has 3 rings (SSSR count). The minimum absolute atomic E-state index is 0.440. The normalized spacial score (nSPS) is 27.6. The summed E-state index contributed by atoms with van der Waals surface area (Å²) in [5.74, 6) is 1.79. The van der Waals surface area contributed by atoms with E-state index >= 15 is 0 Å². The van der Waals surface area contributed by atoms with Crippen LogP contribution in [0.2, 0.25) is 0 Å². The second-order valence-corrected chi connectivity index (χ2v) is 5.88. The lowest BCUT2D eigenvalue weighted by Crippen LogP contribution is -2.31. The van der Waals surface area contributed by atoms with Crippen molar-refractivity contribution < 1.29 is 4.74 Å². The molecule has 2 aliphatic rings. The first-order valence-electron chi connectivity index (χ1n) is 7.51. The van der Waals surface area contributed by atoms with Crippen LogP contribution >= 0.6 is 0 Å². The molecule has 0 amide bonds. The molecule has 3 heteroatoms. The van der Waals surface area contributed by atoms with Crippen molar-refractivity contribution in [3.05, 3.63) is 29.8 Å². The van der Waals surface area contributed by atoms with Crippen LogP contribution in [0.15, 0.2) is 24.3 Å². The second-order valence-electron chi connectivity index (χ2n) is 5.88. The predicted molar refractivity (Wildman–Crippen MR) is 77.1 cm³/mol. The average molecular weight is 260 g/mol. The maximum absolute atomic E-state index is 6.16. The van der Waals surface area contributed by atoms with E-state index in [-0.39, 0.29) is 0 Å². The van der Waals surface area contributed by atoms with Crippen molar-refractivity contribution in [1.29, 1.82) is 0 Å². The van der Waals surface area contributed by atoms with Crippen LogP contribution in [0.25, 0.3) is 0 Å². The van der Waals surface area contributed by atoms with Gasteiger partial charge in [0.25, 0.3) is 0 Å². The van der Waals surface area contributed by atoms with Crippen molar-refractivity contribution in [3.63, 3.8) is 0 Å². The lowest BCUT2D eigenvalue weighted by atomic mass is 10.00. The molecule has 19 heavy (non-hydrogen) atoms. The summed E-state index contributed by atoms with van der Waals surface area (Å²) in [6, 6.07) is 8.83. The fourth-order valence-corrected chi connectivity index (χ4v) is 3.34. The van der Waals surface area contributed by atoms with Gasteiger partial charge in [-0.3, -0.25) is 4.90 Å². The van der Waals surface area contributed by atoms with Crippen molar-refractivity contribution >= 4 is 0 Å². The molecule has 1 aliphatic heterocycles. The van der Waals surface area contributed by atoms with Crippen molar-refractivity contribution in [2.45, 2.75) is 38.3 Å². The summed E-state index contributed by atoms with van der Waals surface area (Å²) in [7, 11) is 0. The first-order valence-corrected chi connectivity index (χ1v) is 7.51. The minimum Gasteiger partial charge on any atom is -0.492 e. The maximum atomic E-state index is 6.16. The minimum atomic E-state index is 0.440. The van der Waals surface area contributed by atoms with E-state index in [1.54, 1.807) is 0 Å². The van der Waals surface area contributed by atoms with Gasteiger partial charge in [0.1, 0.15) is 12.4 Å². The molecule has 2 unspecified atom stereocenters. The number of rotatable bonds is 3. The number of ether oxygens (including phenoxy) is 1. The first kappa shape index (κ1) is 12.9. The van der Waals surface area contributed by atoms with Gasteiger partial charge in [0.15, 0.2) is 0 Å². The third kappa shape index (κ3) is 3.10. The number of hydrogen-bond donors (Lipinski definition) is 1. The molecule has 3 nitrogen and oxygen atoms in total. The Bertz CT molecular complexity index is 421. The average Bonchev–Trinajstić information content (AvgIpc) is 2.72. The van der Waals surface area contributed by atoms with E-state index in [0.717, 1.165) is 37.9 Å². The molecule has 1 heterocycles. The molecule has 1 aliphatic carbocycles. The summed E-state index contributed by atoms with van der Waals surface area (Å²) in [6.07, 6.45) is 5.10. The molecule has 0 aromatic heterocycles. The molecular weight excluding hydrogens is 236 g/mol. The Morgan fingerprint density at radius 2 is 2.16 bits per heavy atom. The van der Waals surface area contributed by atoms with Crippen LogP contribution in [-0.2, 0) is 6.54 Å². The Labute approximate surface area is 115 Å². The molecular formula is C16H24N2O. The largest absolute Gasteiger partial charge is 0.492 e. The Morgan fingerprint density at radius 3 is 3.00 bits per heavy atom. The van der Waals surface area contributed by atoms with E-state index in [1.165, 1.54) is 31.2 Å². The number of para-hydroxylation sites is 1. The Morgan fingerprint density at radius 1 is 1.26 bits per heavy atom. The van der Waals surface area contributed by atoms with E-state index in [9.17, 15) is 0 Å². The zero-order valence-electron chi connectivity index (χ0n) is 11.6. The molecule has 1 aromatic carbocycles. The van der Waals surface area contributed by atoms with Gasteiger partial charge in [-0.1, -0.05) is 24.6 Å². The summed E-state index contributed by atoms with van der Waals surface area (Å²) < 4.78 is 5.81. The maximum Gasteiger partial charge on any atom is 0.123 e. The van der Waals surface area contributed by atoms with Crippen LogP contribution < -0.4 is 10.5 Å². The van der Waals surface area contributed by atoms with Crippen LogP contribution in [-0.4, -0.2) is 30.6 Å². The number of benzene rings is 1. The van der Waals surface area contributed by atoms with Crippen LogP contribution in [0.4, 0.5) is 0 Å². The van der Waals surface area contributed by atoms with Gasteiger partial charge in [0.2, 0.25) is 0 Å². The second kappa shape index (κ2) is 5.93. The quantitative estimate of drug-likeness (QED) is 0.907. The first-order chi connectivity index (χ1) is 9.33. The molecule has 2 atom stereocenters. The molecule has 1 saturated carbocycles. The lowest BCUT2D eigenvalue weighted by molar-refractivity contribution is 0.211. The van der Waals surface area contributed by atoms with Gasteiger partial charge in [-0.2, -0.15) is 0 Å². The fourth-order valence-electron chi connectivity index (χ4n) is 3.34. The number of fused-ring (bicyclic) bond motifs is 1. The molecule has 1 aromatic rings. The third-order valence-corrected chi connectivity index (χ3v) is 4.57. The van der Waals surface area contributed by atoms with E-state index in [2.05, 4.69) is 23.1 Å². The van der Waals surface area contributed by atoms with Gasteiger partial charge >= 0.3 is 0 Å². The standard InChI is InChI=1S/C16H24N2O/c17-15-6-3-5-13(15)8-9-18-10-11-19-16-7-2-1-4-14(16)12-18/h1-2,4,7,13,15H,3,5-6,8-12,17H2. The SMILES string of the molecule is NC1CCCC1CCN1CCOc2ccccc2C1. The Kier molecular flexibility index (Phi) is 4.04. The highest BCUT2D eigenvalue weighted by molar-refractivity contribution is 5.33. The monoisotopic (exact) mass is 260 g/mol. The highest BCUT2D eigenvalue weighted by Crippen LogP contribution is 2.28. The topological polar surface area (TPSA) is 38.5 Å².